The Kier molecular flexibility index (Phi) is 3.94. The summed E-state index contributed by atoms with van der Waals surface area (Å²) in [5, 5.41) is 17.8. The van der Waals surface area contributed by atoms with Gasteiger partial charge in [0.1, 0.15) is 12.4 Å². The lowest BCUT2D eigenvalue weighted by molar-refractivity contribution is -0.117. The zero-order chi connectivity index (χ0) is 14.7. The van der Waals surface area contributed by atoms with Crippen LogP contribution in [-0.4, -0.2) is 32.0 Å². The van der Waals surface area contributed by atoms with E-state index in [2.05, 4.69) is 15.6 Å². The lowest BCUT2D eigenvalue weighted by Gasteiger charge is -2.07. The number of hydrogen-bond donors (Lipinski definition) is 2. The number of para-hydroxylation sites is 1. The van der Waals surface area contributed by atoms with Gasteiger partial charge in [0.15, 0.2) is 5.69 Å². The van der Waals surface area contributed by atoms with Crippen LogP contribution in [0, 0.1) is 5.82 Å². The van der Waals surface area contributed by atoms with Gasteiger partial charge in [0, 0.05) is 0 Å². The predicted molar refractivity (Wildman–Crippen MR) is 67.0 cm³/mol. The molecule has 0 aliphatic rings. The summed E-state index contributed by atoms with van der Waals surface area (Å²) in [7, 11) is 0. The van der Waals surface area contributed by atoms with Gasteiger partial charge >= 0.3 is 5.97 Å². The van der Waals surface area contributed by atoms with E-state index in [1.54, 1.807) is 0 Å². The first kappa shape index (κ1) is 13.9. The minimum atomic E-state index is -1.26. The van der Waals surface area contributed by atoms with Crippen LogP contribution >= 0.6 is 11.6 Å². The summed E-state index contributed by atoms with van der Waals surface area (Å²) in [5.41, 5.74) is -0.431. The molecule has 0 bridgehead atoms. The summed E-state index contributed by atoms with van der Waals surface area (Å²) in [6, 6.07) is 3.99. The van der Waals surface area contributed by atoms with Crippen LogP contribution in [0.5, 0.6) is 0 Å². The Morgan fingerprint density at radius 1 is 1.45 bits per heavy atom. The van der Waals surface area contributed by atoms with Crippen molar-refractivity contribution >= 4 is 29.2 Å². The average molecular weight is 299 g/mol. The maximum absolute atomic E-state index is 13.4. The molecule has 2 N–H and O–H groups in total. The van der Waals surface area contributed by atoms with Crippen LogP contribution in [0.4, 0.5) is 10.1 Å². The molecule has 0 aliphatic heterocycles. The zero-order valence-corrected chi connectivity index (χ0v) is 10.6. The van der Waals surface area contributed by atoms with Crippen molar-refractivity contribution in [3.63, 3.8) is 0 Å². The summed E-state index contributed by atoms with van der Waals surface area (Å²) in [6.07, 6.45) is 1.09. The number of aromatic nitrogens is 3. The number of carbonyl (C=O) groups is 2. The summed E-state index contributed by atoms with van der Waals surface area (Å²) in [5.74, 6) is -2.54. The number of halogens is 2. The SMILES string of the molecule is O=C(Cn1cc(C(=O)O)nn1)Nc1c(F)cccc1Cl. The summed E-state index contributed by atoms with van der Waals surface area (Å²) in [6.45, 7) is -0.315. The Labute approximate surface area is 117 Å². The Morgan fingerprint density at radius 2 is 2.20 bits per heavy atom. The van der Waals surface area contributed by atoms with E-state index < -0.39 is 17.7 Å². The van der Waals surface area contributed by atoms with Crippen LogP contribution in [0.1, 0.15) is 10.5 Å². The molecule has 0 saturated carbocycles. The van der Waals surface area contributed by atoms with Gasteiger partial charge in [-0.05, 0) is 12.1 Å². The van der Waals surface area contributed by atoms with Gasteiger partial charge in [0.05, 0.1) is 16.9 Å². The van der Waals surface area contributed by atoms with E-state index in [9.17, 15) is 14.0 Å². The van der Waals surface area contributed by atoms with Gasteiger partial charge < -0.3 is 10.4 Å². The molecule has 104 valence electrons. The highest BCUT2D eigenvalue weighted by Gasteiger charge is 2.13. The summed E-state index contributed by atoms with van der Waals surface area (Å²) in [4.78, 5) is 22.3. The number of carbonyl (C=O) groups excluding carboxylic acids is 1. The number of benzene rings is 1. The minimum absolute atomic E-state index is 0.0585. The van der Waals surface area contributed by atoms with Gasteiger partial charge in [0.25, 0.3) is 0 Å². The maximum atomic E-state index is 13.4. The normalized spacial score (nSPS) is 10.3. The molecule has 0 saturated heterocycles. The van der Waals surface area contributed by atoms with E-state index in [-0.39, 0.29) is 22.9 Å². The first-order chi connectivity index (χ1) is 9.47. The number of carboxylic acids is 1. The quantitative estimate of drug-likeness (QED) is 0.889. The van der Waals surface area contributed by atoms with Crippen molar-refractivity contribution in [3.05, 3.63) is 40.9 Å². The fourth-order valence-electron chi connectivity index (χ4n) is 1.42. The zero-order valence-electron chi connectivity index (χ0n) is 9.88. The number of anilines is 1. The van der Waals surface area contributed by atoms with Crippen LogP contribution < -0.4 is 5.32 Å². The molecule has 2 aromatic rings. The third-order valence-corrected chi connectivity index (χ3v) is 2.61. The van der Waals surface area contributed by atoms with Gasteiger partial charge in [-0.15, -0.1) is 5.10 Å². The smallest absolute Gasteiger partial charge is 0.358 e. The van der Waals surface area contributed by atoms with E-state index in [1.807, 2.05) is 0 Å². The maximum Gasteiger partial charge on any atom is 0.358 e. The van der Waals surface area contributed by atoms with Gasteiger partial charge in [-0.2, -0.15) is 0 Å². The topological polar surface area (TPSA) is 97.1 Å². The van der Waals surface area contributed by atoms with Crippen molar-refractivity contribution in [2.45, 2.75) is 6.54 Å². The second kappa shape index (κ2) is 5.66. The third-order valence-electron chi connectivity index (χ3n) is 2.29. The molecule has 0 unspecified atom stereocenters. The lowest BCUT2D eigenvalue weighted by Crippen LogP contribution is -2.20. The Hall–Kier alpha value is -2.48. The molecule has 1 aromatic carbocycles. The molecule has 9 heteroatoms. The van der Waals surface area contributed by atoms with Crippen molar-refractivity contribution in [1.82, 2.24) is 15.0 Å². The molecule has 1 aromatic heterocycles. The van der Waals surface area contributed by atoms with Crippen molar-refractivity contribution in [1.29, 1.82) is 0 Å². The molecule has 2 rings (SSSR count). The lowest BCUT2D eigenvalue weighted by atomic mass is 10.3. The van der Waals surface area contributed by atoms with E-state index in [0.717, 1.165) is 16.9 Å². The third kappa shape index (κ3) is 3.09. The molecule has 0 spiro atoms. The van der Waals surface area contributed by atoms with Crippen LogP contribution in [0.3, 0.4) is 0 Å². The number of rotatable bonds is 4. The Morgan fingerprint density at radius 3 is 2.80 bits per heavy atom. The molecule has 1 amide bonds. The molecule has 0 radical (unpaired) electrons. The van der Waals surface area contributed by atoms with Crippen LogP contribution in [0.25, 0.3) is 0 Å². The number of aromatic carboxylic acids is 1. The Balaban J connectivity index is 2.07. The van der Waals surface area contributed by atoms with Gasteiger partial charge in [-0.1, -0.05) is 22.9 Å². The number of nitrogens with zero attached hydrogens (tertiary/aromatic N) is 3. The highest BCUT2D eigenvalue weighted by molar-refractivity contribution is 6.33. The monoisotopic (exact) mass is 298 g/mol. The molecule has 7 nitrogen and oxygen atoms in total. The number of hydrogen-bond acceptors (Lipinski definition) is 4. The fraction of sp³-hybridized carbons (Fsp3) is 0.0909. The van der Waals surface area contributed by atoms with E-state index in [1.165, 1.54) is 12.1 Å². The molecule has 0 aliphatic carbocycles. The average Bonchev–Trinajstić information content (AvgIpc) is 2.82. The highest BCUT2D eigenvalue weighted by atomic mass is 35.5. The van der Waals surface area contributed by atoms with Crippen LogP contribution in [-0.2, 0) is 11.3 Å². The molecule has 1 heterocycles. The van der Waals surface area contributed by atoms with E-state index in [4.69, 9.17) is 16.7 Å². The van der Waals surface area contributed by atoms with Crippen molar-refractivity contribution in [3.8, 4) is 0 Å². The fourth-order valence-corrected chi connectivity index (χ4v) is 1.63. The van der Waals surface area contributed by atoms with Gasteiger partial charge in [-0.3, -0.25) is 4.79 Å². The van der Waals surface area contributed by atoms with E-state index in [0.29, 0.717) is 0 Å². The Bertz CT molecular complexity index is 653. The molecule has 0 atom stereocenters. The van der Waals surface area contributed by atoms with Gasteiger partial charge in [0.2, 0.25) is 5.91 Å². The number of carboxylic acid groups (broad SMARTS) is 1. The highest BCUT2D eigenvalue weighted by Crippen LogP contribution is 2.24. The molecular formula is C11H8ClFN4O3. The largest absolute Gasteiger partial charge is 0.476 e. The number of amides is 1. The van der Waals surface area contributed by atoms with E-state index >= 15 is 0 Å². The van der Waals surface area contributed by atoms with Gasteiger partial charge in [-0.25, -0.2) is 13.9 Å². The predicted octanol–water partition coefficient (Wildman–Crippen LogP) is 1.41. The summed E-state index contributed by atoms with van der Waals surface area (Å²) >= 11 is 5.76. The van der Waals surface area contributed by atoms with Crippen molar-refractivity contribution in [2.75, 3.05) is 5.32 Å². The number of nitrogens with one attached hydrogen (secondary N) is 1. The standard InChI is InChI=1S/C11H8ClFN4O3/c12-6-2-1-3-7(13)10(6)14-9(18)5-17-4-8(11(19)20)15-16-17/h1-4H,5H2,(H,14,18)(H,19,20). The second-order valence-electron chi connectivity index (χ2n) is 3.75. The second-order valence-corrected chi connectivity index (χ2v) is 4.16. The first-order valence-electron chi connectivity index (χ1n) is 5.34. The summed E-state index contributed by atoms with van der Waals surface area (Å²) < 4.78 is 14.5. The minimum Gasteiger partial charge on any atom is -0.476 e. The molecule has 20 heavy (non-hydrogen) atoms. The van der Waals surface area contributed by atoms with Crippen LogP contribution in [0.2, 0.25) is 5.02 Å². The molecular weight excluding hydrogens is 291 g/mol. The first-order valence-corrected chi connectivity index (χ1v) is 5.72. The van der Waals surface area contributed by atoms with Crippen LogP contribution in [0.15, 0.2) is 24.4 Å². The molecule has 0 fully saturated rings. The van der Waals surface area contributed by atoms with Crippen molar-refractivity contribution in [2.24, 2.45) is 0 Å². The van der Waals surface area contributed by atoms with Crippen molar-refractivity contribution < 1.29 is 19.1 Å².